The SMILES string of the molecule is Fc1ccc(-c2nc(C3CCCCCN3)no2)c(Cl)c1. The molecule has 1 aromatic carbocycles. The van der Waals surface area contributed by atoms with E-state index in [4.69, 9.17) is 16.1 Å². The highest BCUT2D eigenvalue weighted by molar-refractivity contribution is 6.33. The third kappa shape index (κ3) is 2.83. The van der Waals surface area contributed by atoms with Crippen molar-refractivity contribution >= 4 is 11.6 Å². The largest absolute Gasteiger partial charge is 0.334 e. The molecule has 106 valence electrons. The molecule has 2 heterocycles. The summed E-state index contributed by atoms with van der Waals surface area (Å²) in [4.78, 5) is 4.39. The van der Waals surface area contributed by atoms with Gasteiger partial charge in [-0.3, -0.25) is 0 Å². The summed E-state index contributed by atoms with van der Waals surface area (Å²) in [6.07, 6.45) is 4.54. The van der Waals surface area contributed by atoms with Crippen LogP contribution in [0.5, 0.6) is 0 Å². The van der Waals surface area contributed by atoms with Crippen molar-refractivity contribution in [1.82, 2.24) is 15.5 Å². The van der Waals surface area contributed by atoms with Crippen LogP contribution in [0, 0.1) is 5.82 Å². The Labute approximate surface area is 121 Å². The van der Waals surface area contributed by atoms with E-state index in [1.165, 1.54) is 25.0 Å². The van der Waals surface area contributed by atoms with E-state index in [1.54, 1.807) is 6.07 Å². The van der Waals surface area contributed by atoms with E-state index in [-0.39, 0.29) is 16.9 Å². The lowest BCUT2D eigenvalue weighted by Crippen LogP contribution is -2.21. The fourth-order valence-corrected chi connectivity index (χ4v) is 2.65. The van der Waals surface area contributed by atoms with E-state index in [1.807, 2.05) is 0 Å². The second-order valence-electron chi connectivity index (χ2n) is 4.94. The summed E-state index contributed by atoms with van der Waals surface area (Å²) in [5.74, 6) is 0.585. The molecule has 0 aliphatic carbocycles. The molecule has 1 aliphatic rings. The van der Waals surface area contributed by atoms with E-state index in [0.717, 1.165) is 19.4 Å². The van der Waals surface area contributed by atoms with Crippen molar-refractivity contribution < 1.29 is 8.91 Å². The van der Waals surface area contributed by atoms with Gasteiger partial charge in [0, 0.05) is 0 Å². The first-order valence-corrected chi connectivity index (χ1v) is 7.14. The first-order valence-electron chi connectivity index (χ1n) is 6.76. The van der Waals surface area contributed by atoms with Gasteiger partial charge in [0.1, 0.15) is 5.82 Å². The monoisotopic (exact) mass is 295 g/mol. The van der Waals surface area contributed by atoms with Crippen LogP contribution in [0.1, 0.15) is 37.5 Å². The molecule has 0 bridgehead atoms. The van der Waals surface area contributed by atoms with E-state index in [2.05, 4.69) is 15.5 Å². The Morgan fingerprint density at radius 1 is 1.30 bits per heavy atom. The van der Waals surface area contributed by atoms with Crippen LogP contribution in [0.15, 0.2) is 22.7 Å². The third-order valence-corrected chi connectivity index (χ3v) is 3.79. The molecule has 1 unspecified atom stereocenters. The third-order valence-electron chi connectivity index (χ3n) is 3.48. The summed E-state index contributed by atoms with van der Waals surface area (Å²) in [5.41, 5.74) is 0.556. The molecule has 1 fully saturated rings. The zero-order valence-corrected chi connectivity index (χ0v) is 11.7. The normalized spacial score (nSPS) is 19.8. The maximum Gasteiger partial charge on any atom is 0.259 e. The van der Waals surface area contributed by atoms with Crippen LogP contribution in [-0.2, 0) is 0 Å². The van der Waals surface area contributed by atoms with Crippen molar-refractivity contribution in [2.24, 2.45) is 0 Å². The highest BCUT2D eigenvalue weighted by atomic mass is 35.5. The number of hydrogen-bond donors (Lipinski definition) is 1. The second-order valence-corrected chi connectivity index (χ2v) is 5.35. The van der Waals surface area contributed by atoms with Crippen molar-refractivity contribution in [3.8, 4) is 11.5 Å². The highest BCUT2D eigenvalue weighted by Crippen LogP contribution is 2.29. The molecule has 20 heavy (non-hydrogen) atoms. The molecule has 6 heteroatoms. The molecule has 0 radical (unpaired) electrons. The van der Waals surface area contributed by atoms with Gasteiger partial charge in [0.25, 0.3) is 5.89 Å². The zero-order chi connectivity index (χ0) is 13.9. The Morgan fingerprint density at radius 3 is 3.05 bits per heavy atom. The van der Waals surface area contributed by atoms with E-state index >= 15 is 0 Å². The summed E-state index contributed by atoms with van der Waals surface area (Å²) in [7, 11) is 0. The van der Waals surface area contributed by atoms with Crippen LogP contribution in [0.4, 0.5) is 4.39 Å². The predicted octanol–water partition coefficient (Wildman–Crippen LogP) is 3.73. The molecule has 3 rings (SSSR count). The topological polar surface area (TPSA) is 51.0 Å². The summed E-state index contributed by atoms with van der Waals surface area (Å²) >= 11 is 6.00. The molecule has 1 N–H and O–H groups in total. The fraction of sp³-hybridized carbons (Fsp3) is 0.429. The van der Waals surface area contributed by atoms with Crippen LogP contribution >= 0.6 is 11.6 Å². The van der Waals surface area contributed by atoms with Crippen LogP contribution in [0.3, 0.4) is 0 Å². The van der Waals surface area contributed by atoms with Crippen LogP contribution in [-0.4, -0.2) is 16.7 Å². The van der Waals surface area contributed by atoms with Crippen molar-refractivity contribution in [1.29, 1.82) is 0 Å². The van der Waals surface area contributed by atoms with Crippen LogP contribution in [0.25, 0.3) is 11.5 Å². The Bertz CT molecular complexity index is 594. The Balaban J connectivity index is 1.85. The van der Waals surface area contributed by atoms with E-state index < -0.39 is 0 Å². The van der Waals surface area contributed by atoms with Crippen molar-refractivity contribution in [2.45, 2.75) is 31.7 Å². The van der Waals surface area contributed by atoms with Gasteiger partial charge >= 0.3 is 0 Å². The second kappa shape index (κ2) is 5.89. The number of aromatic nitrogens is 2. The van der Waals surface area contributed by atoms with E-state index in [9.17, 15) is 4.39 Å². The quantitative estimate of drug-likeness (QED) is 0.917. The average Bonchev–Trinajstić information content (AvgIpc) is 2.74. The highest BCUT2D eigenvalue weighted by Gasteiger charge is 2.20. The molecule has 1 atom stereocenters. The van der Waals surface area contributed by atoms with Gasteiger partial charge in [0.2, 0.25) is 0 Å². The van der Waals surface area contributed by atoms with Gasteiger partial charge in [-0.15, -0.1) is 0 Å². The van der Waals surface area contributed by atoms with Gasteiger partial charge in [-0.2, -0.15) is 4.98 Å². The Kier molecular flexibility index (Phi) is 3.98. The summed E-state index contributed by atoms with van der Waals surface area (Å²) in [6, 6.07) is 4.24. The number of halogens is 2. The fourth-order valence-electron chi connectivity index (χ4n) is 2.40. The number of nitrogens with one attached hydrogen (secondary N) is 1. The number of rotatable bonds is 2. The van der Waals surface area contributed by atoms with Crippen molar-refractivity contribution in [2.75, 3.05) is 6.54 Å². The smallest absolute Gasteiger partial charge is 0.259 e. The maximum atomic E-state index is 13.0. The van der Waals surface area contributed by atoms with E-state index in [0.29, 0.717) is 17.3 Å². The predicted molar refractivity (Wildman–Crippen MR) is 73.9 cm³/mol. The molecular formula is C14H15ClFN3O. The molecule has 4 nitrogen and oxygen atoms in total. The van der Waals surface area contributed by atoms with Gasteiger partial charge < -0.3 is 9.84 Å². The molecule has 1 aromatic heterocycles. The lowest BCUT2D eigenvalue weighted by atomic mass is 10.1. The first-order chi connectivity index (χ1) is 9.74. The van der Waals surface area contributed by atoms with Crippen molar-refractivity contribution in [3.63, 3.8) is 0 Å². The van der Waals surface area contributed by atoms with Gasteiger partial charge in [-0.1, -0.05) is 29.6 Å². The first kappa shape index (κ1) is 13.5. The number of nitrogens with zero attached hydrogens (tertiary/aromatic N) is 2. The number of hydrogen-bond acceptors (Lipinski definition) is 4. The zero-order valence-electron chi connectivity index (χ0n) is 10.9. The molecule has 1 aliphatic heterocycles. The molecular weight excluding hydrogens is 281 g/mol. The van der Waals surface area contributed by atoms with Gasteiger partial charge in [-0.05, 0) is 37.6 Å². The molecule has 1 saturated heterocycles. The van der Waals surface area contributed by atoms with Crippen LogP contribution < -0.4 is 5.32 Å². The van der Waals surface area contributed by atoms with Crippen molar-refractivity contribution in [3.05, 3.63) is 34.9 Å². The average molecular weight is 296 g/mol. The van der Waals surface area contributed by atoms with Gasteiger partial charge in [0.15, 0.2) is 5.82 Å². The Morgan fingerprint density at radius 2 is 2.20 bits per heavy atom. The lowest BCUT2D eigenvalue weighted by Gasteiger charge is -2.09. The molecule has 2 aromatic rings. The molecule has 0 saturated carbocycles. The minimum absolute atomic E-state index is 0.120. The number of benzene rings is 1. The summed E-state index contributed by atoms with van der Waals surface area (Å²) in [5, 5.41) is 7.70. The Hall–Kier alpha value is -1.46. The van der Waals surface area contributed by atoms with Gasteiger partial charge in [-0.25, -0.2) is 4.39 Å². The lowest BCUT2D eigenvalue weighted by molar-refractivity contribution is 0.402. The minimum Gasteiger partial charge on any atom is -0.334 e. The van der Waals surface area contributed by atoms with Crippen LogP contribution in [0.2, 0.25) is 5.02 Å². The maximum absolute atomic E-state index is 13.0. The molecule has 0 spiro atoms. The van der Waals surface area contributed by atoms with Gasteiger partial charge in [0.05, 0.1) is 16.6 Å². The minimum atomic E-state index is -0.385. The summed E-state index contributed by atoms with van der Waals surface area (Å²) in [6.45, 7) is 0.964. The summed E-state index contributed by atoms with van der Waals surface area (Å²) < 4.78 is 18.3. The standard InChI is InChI=1S/C14H15ClFN3O/c15-11-8-9(16)5-6-10(11)14-18-13(19-20-14)12-4-2-1-3-7-17-12/h5-6,8,12,17H,1-4,7H2. The molecule has 0 amide bonds.